The van der Waals surface area contributed by atoms with E-state index in [9.17, 15) is 0 Å². The van der Waals surface area contributed by atoms with Crippen molar-refractivity contribution < 1.29 is 0 Å². The molecule has 0 spiro atoms. The molecule has 2 nitrogen and oxygen atoms in total. The Morgan fingerprint density at radius 3 is 2.35 bits per heavy atom. The number of fused-ring (bicyclic) bond motifs is 2. The smallest absolute Gasteiger partial charge is 0.0708 e. The number of benzene rings is 3. The fraction of sp³-hybridized carbons (Fsp3) is 0. The molecule has 0 unspecified atom stereocenters. The first-order chi connectivity index (χ1) is 12.9. The predicted molar refractivity (Wildman–Crippen MR) is 108 cm³/mol. The maximum absolute atomic E-state index is 4.66. The van der Waals surface area contributed by atoms with Crippen LogP contribution >= 0.6 is 0 Å². The summed E-state index contributed by atoms with van der Waals surface area (Å²) in [6, 6.07) is 29.4. The van der Waals surface area contributed by atoms with Crippen molar-refractivity contribution in [2.24, 2.45) is 0 Å². The van der Waals surface area contributed by atoms with Gasteiger partial charge >= 0.3 is 0 Å². The molecule has 0 fully saturated rings. The van der Waals surface area contributed by atoms with Gasteiger partial charge in [-0.05, 0) is 40.8 Å². The number of hydrogen-bond acceptors (Lipinski definition) is 2. The first-order valence-electron chi connectivity index (χ1n) is 8.68. The molecule has 0 bridgehead atoms. The summed E-state index contributed by atoms with van der Waals surface area (Å²) in [4.78, 5) is 9.13. The number of rotatable bonds is 2. The average Bonchev–Trinajstić information content (AvgIpc) is 2.73. The summed E-state index contributed by atoms with van der Waals surface area (Å²) in [6.07, 6.45) is 3.82. The summed E-state index contributed by atoms with van der Waals surface area (Å²) in [7, 11) is 0. The second kappa shape index (κ2) is 6.08. The van der Waals surface area contributed by atoms with Crippen LogP contribution in [0.2, 0.25) is 0 Å². The fourth-order valence-corrected chi connectivity index (χ4v) is 3.44. The third-order valence-electron chi connectivity index (χ3n) is 4.75. The molecule has 0 radical (unpaired) electrons. The zero-order chi connectivity index (χ0) is 17.3. The Hall–Kier alpha value is -3.52. The van der Waals surface area contributed by atoms with Gasteiger partial charge in [0.1, 0.15) is 0 Å². The highest BCUT2D eigenvalue weighted by molar-refractivity contribution is 5.95. The molecule has 5 aromatic rings. The lowest BCUT2D eigenvalue weighted by atomic mass is 9.98. The maximum atomic E-state index is 4.66. The van der Waals surface area contributed by atoms with Gasteiger partial charge in [-0.3, -0.25) is 9.97 Å². The standard InChI is InChI=1S/C24H16N2/c1-2-7-20-16-26-24(15-17(20)6-1)19-9-5-8-18(14-19)21-12-13-25-23-11-4-3-10-22(21)23/h1-16H. The number of hydrogen-bond donors (Lipinski definition) is 0. The van der Waals surface area contributed by atoms with Crippen LogP contribution in [0.3, 0.4) is 0 Å². The van der Waals surface area contributed by atoms with Crippen LogP contribution in [0.15, 0.2) is 97.3 Å². The van der Waals surface area contributed by atoms with E-state index in [2.05, 4.69) is 76.7 Å². The minimum Gasteiger partial charge on any atom is -0.256 e. The summed E-state index contributed by atoms with van der Waals surface area (Å²) in [6.45, 7) is 0. The van der Waals surface area contributed by atoms with Gasteiger partial charge in [-0.25, -0.2) is 0 Å². The molecule has 2 heterocycles. The SMILES string of the molecule is c1cc(-c2cc3ccccc3cn2)cc(-c2ccnc3ccccc23)c1. The minimum absolute atomic E-state index is 0.990. The third-order valence-corrected chi connectivity index (χ3v) is 4.75. The molecule has 0 aliphatic heterocycles. The lowest BCUT2D eigenvalue weighted by Crippen LogP contribution is -1.87. The molecule has 0 aliphatic rings. The van der Waals surface area contributed by atoms with Gasteiger partial charge in [-0.15, -0.1) is 0 Å². The van der Waals surface area contributed by atoms with Crippen molar-refractivity contribution in [3.05, 3.63) is 97.3 Å². The van der Waals surface area contributed by atoms with E-state index < -0.39 is 0 Å². The first kappa shape index (κ1) is 14.8. The Kier molecular flexibility index (Phi) is 3.46. The van der Waals surface area contributed by atoms with Crippen molar-refractivity contribution >= 4 is 21.7 Å². The minimum atomic E-state index is 0.990. The lowest BCUT2D eigenvalue weighted by molar-refractivity contribution is 1.36. The van der Waals surface area contributed by atoms with Crippen molar-refractivity contribution in [2.45, 2.75) is 0 Å². The molecule has 3 aromatic carbocycles. The Labute approximate surface area is 151 Å². The van der Waals surface area contributed by atoms with Crippen LogP contribution in [-0.4, -0.2) is 9.97 Å². The van der Waals surface area contributed by atoms with Gasteiger partial charge in [0.15, 0.2) is 0 Å². The number of nitrogens with zero attached hydrogens (tertiary/aromatic N) is 2. The monoisotopic (exact) mass is 332 g/mol. The van der Waals surface area contributed by atoms with Crippen LogP contribution in [-0.2, 0) is 0 Å². The van der Waals surface area contributed by atoms with Crippen LogP contribution in [0.5, 0.6) is 0 Å². The van der Waals surface area contributed by atoms with Gasteiger partial charge in [0.05, 0.1) is 11.2 Å². The van der Waals surface area contributed by atoms with Crippen LogP contribution in [0.4, 0.5) is 0 Å². The molecule has 0 saturated carbocycles. The molecule has 0 saturated heterocycles. The summed E-state index contributed by atoms with van der Waals surface area (Å²) >= 11 is 0. The van der Waals surface area contributed by atoms with Crippen LogP contribution in [0.1, 0.15) is 0 Å². The second-order valence-corrected chi connectivity index (χ2v) is 6.37. The van der Waals surface area contributed by atoms with E-state index in [4.69, 9.17) is 0 Å². The van der Waals surface area contributed by atoms with E-state index in [0.29, 0.717) is 0 Å². The predicted octanol–water partition coefficient (Wildman–Crippen LogP) is 6.12. The Morgan fingerprint density at radius 1 is 0.577 bits per heavy atom. The highest BCUT2D eigenvalue weighted by atomic mass is 14.7. The largest absolute Gasteiger partial charge is 0.256 e. The van der Waals surface area contributed by atoms with Gasteiger partial charge in [0.25, 0.3) is 0 Å². The Bertz CT molecular complexity index is 1240. The van der Waals surface area contributed by atoms with Gasteiger partial charge in [-0.1, -0.05) is 60.7 Å². The van der Waals surface area contributed by atoms with Crippen molar-refractivity contribution in [1.82, 2.24) is 9.97 Å². The summed E-state index contributed by atoms with van der Waals surface area (Å²) in [5, 5.41) is 3.53. The van der Waals surface area contributed by atoms with Crippen molar-refractivity contribution in [3.8, 4) is 22.4 Å². The third kappa shape index (κ3) is 2.52. The molecular formula is C24H16N2. The zero-order valence-electron chi connectivity index (χ0n) is 14.1. The number of para-hydroxylation sites is 1. The van der Waals surface area contributed by atoms with Crippen molar-refractivity contribution in [3.63, 3.8) is 0 Å². The number of aromatic nitrogens is 2. The quantitative estimate of drug-likeness (QED) is 0.389. The van der Waals surface area contributed by atoms with Crippen molar-refractivity contribution in [1.29, 1.82) is 0 Å². The van der Waals surface area contributed by atoms with Crippen LogP contribution in [0.25, 0.3) is 44.1 Å². The molecule has 122 valence electrons. The molecule has 2 heteroatoms. The second-order valence-electron chi connectivity index (χ2n) is 6.37. The fourth-order valence-electron chi connectivity index (χ4n) is 3.44. The molecule has 0 N–H and O–H groups in total. The van der Waals surface area contributed by atoms with Gasteiger partial charge in [0.2, 0.25) is 0 Å². The van der Waals surface area contributed by atoms with E-state index in [1.807, 2.05) is 30.6 Å². The number of pyridine rings is 2. The molecule has 26 heavy (non-hydrogen) atoms. The van der Waals surface area contributed by atoms with Gasteiger partial charge in [0, 0.05) is 28.7 Å². The van der Waals surface area contributed by atoms with E-state index in [1.165, 1.54) is 21.9 Å². The Morgan fingerprint density at radius 2 is 1.38 bits per heavy atom. The van der Waals surface area contributed by atoms with E-state index >= 15 is 0 Å². The maximum Gasteiger partial charge on any atom is 0.0708 e. The molecule has 0 atom stereocenters. The van der Waals surface area contributed by atoms with E-state index in [-0.39, 0.29) is 0 Å². The van der Waals surface area contributed by atoms with Gasteiger partial charge < -0.3 is 0 Å². The zero-order valence-corrected chi connectivity index (χ0v) is 14.1. The van der Waals surface area contributed by atoms with E-state index in [0.717, 1.165) is 22.2 Å². The van der Waals surface area contributed by atoms with Crippen LogP contribution < -0.4 is 0 Å². The highest BCUT2D eigenvalue weighted by Crippen LogP contribution is 2.30. The van der Waals surface area contributed by atoms with Crippen LogP contribution in [0, 0.1) is 0 Å². The lowest BCUT2D eigenvalue weighted by Gasteiger charge is -2.09. The average molecular weight is 332 g/mol. The van der Waals surface area contributed by atoms with Crippen molar-refractivity contribution in [2.75, 3.05) is 0 Å². The molecule has 5 rings (SSSR count). The molecular weight excluding hydrogens is 316 g/mol. The molecule has 2 aromatic heterocycles. The summed E-state index contributed by atoms with van der Waals surface area (Å²) in [5.74, 6) is 0. The highest BCUT2D eigenvalue weighted by Gasteiger charge is 2.07. The summed E-state index contributed by atoms with van der Waals surface area (Å²) < 4.78 is 0. The Balaban J connectivity index is 1.66. The molecule has 0 amide bonds. The van der Waals surface area contributed by atoms with E-state index in [1.54, 1.807) is 0 Å². The van der Waals surface area contributed by atoms with Gasteiger partial charge in [-0.2, -0.15) is 0 Å². The summed E-state index contributed by atoms with van der Waals surface area (Å²) in [5.41, 5.74) is 5.49. The first-order valence-corrected chi connectivity index (χ1v) is 8.68. The topological polar surface area (TPSA) is 25.8 Å². The molecule has 0 aliphatic carbocycles. The normalized spacial score (nSPS) is 11.1.